The number of aromatic nitrogens is 1. The van der Waals surface area contributed by atoms with Gasteiger partial charge in [-0.1, -0.05) is 30.3 Å². The van der Waals surface area contributed by atoms with Crippen molar-refractivity contribution < 1.29 is 29.0 Å². The van der Waals surface area contributed by atoms with Gasteiger partial charge in [0.15, 0.2) is 0 Å². The third-order valence-corrected chi connectivity index (χ3v) is 4.25. The monoisotopic (exact) mass is 373 g/mol. The van der Waals surface area contributed by atoms with Crippen LogP contribution < -0.4 is 0 Å². The first kappa shape index (κ1) is 20.2. The second-order valence-electron chi connectivity index (χ2n) is 5.87. The fourth-order valence-electron chi connectivity index (χ4n) is 3.21. The third kappa shape index (κ3) is 3.86. The quantitative estimate of drug-likeness (QED) is 0.592. The van der Waals surface area contributed by atoms with Crippen LogP contribution >= 0.6 is 0 Å². The molecular formula is C20H23NO6. The van der Waals surface area contributed by atoms with Crippen molar-refractivity contribution in [3.63, 3.8) is 0 Å². The number of hydrogen-bond donors (Lipinski definition) is 1. The molecule has 0 aliphatic carbocycles. The van der Waals surface area contributed by atoms with Gasteiger partial charge in [0, 0.05) is 17.0 Å². The molecule has 1 aromatic carbocycles. The minimum absolute atomic E-state index is 0.0392. The van der Waals surface area contributed by atoms with E-state index in [1.165, 1.54) is 4.57 Å². The number of hydrogen-bond acceptors (Lipinski definition) is 5. The lowest BCUT2D eigenvalue weighted by atomic mass is 10.0. The molecule has 144 valence electrons. The lowest BCUT2D eigenvalue weighted by Crippen LogP contribution is -2.32. The van der Waals surface area contributed by atoms with Gasteiger partial charge < -0.3 is 19.1 Å². The van der Waals surface area contributed by atoms with Crippen LogP contribution in [0.4, 0.5) is 0 Å². The van der Waals surface area contributed by atoms with Crippen LogP contribution in [-0.4, -0.2) is 40.8 Å². The zero-order valence-corrected chi connectivity index (χ0v) is 15.8. The molecule has 2 aromatic rings. The zero-order valence-electron chi connectivity index (χ0n) is 15.8. The SMILES string of the molecule is CCOC(=O)C(C(=O)OCC)n1c(C)c(C(=O)O)c(-c2ccccc2)c1C. The molecule has 0 saturated carbocycles. The molecule has 1 heterocycles. The number of carbonyl (C=O) groups excluding carboxylic acids is 2. The van der Waals surface area contributed by atoms with Crippen molar-refractivity contribution >= 4 is 17.9 Å². The number of esters is 2. The van der Waals surface area contributed by atoms with Crippen molar-refractivity contribution in [3.8, 4) is 11.1 Å². The molecule has 0 bridgehead atoms. The Hall–Kier alpha value is -3.09. The number of carboxylic acid groups (broad SMARTS) is 1. The number of nitrogens with zero attached hydrogens (tertiary/aromatic N) is 1. The van der Waals surface area contributed by atoms with Crippen molar-refractivity contribution in [2.24, 2.45) is 0 Å². The lowest BCUT2D eigenvalue weighted by Gasteiger charge is -2.19. The fourth-order valence-corrected chi connectivity index (χ4v) is 3.21. The molecule has 0 radical (unpaired) electrons. The van der Waals surface area contributed by atoms with Crippen LogP contribution in [0.15, 0.2) is 30.3 Å². The van der Waals surface area contributed by atoms with Gasteiger partial charge in [-0.25, -0.2) is 14.4 Å². The Labute approximate surface area is 157 Å². The molecule has 7 heteroatoms. The van der Waals surface area contributed by atoms with E-state index in [4.69, 9.17) is 9.47 Å². The van der Waals surface area contributed by atoms with E-state index in [1.807, 2.05) is 6.07 Å². The van der Waals surface area contributed by atoms with Crippen molar-refractivity contribution in [1.82, 2.24) is 4.57 Å². The number of benzene rings is 1. The van der Waals surface area contributed by atoms with Crippen LogP contribution in [-0.2, 0) is 19.1 Å². The maximum absolute atomic E-state index is 12.5. The first-order valence-corrected chi connectivity index (χ1v) is 8.68. The summed E-state index contributed by atoms with van der Waals surface area (Å²) in [6.07, 6.45) is 0. The number of carboxylic acids is 1. The van der Waals surface area contributed by atoms with E-state index in [0.29, 0.717) is 16.8 Å². The topological polar surface area (TPSA) is 94.8 Å². The molecular weight excluding hydrogens is 350 g/mol. The largest absolute Gasteiger partial charge is 0.478 e. The second-order valence-corrected chi connectivity index (χ2v) is 5.87. The van der Waals surface area contributed by atoms with Crippen molar-refractivity contribution in [2.45, 2.75) is 33.7 Å². The highest BCUT2D eigenvalue weighted by Crippen LogP contribution is 2.35. The highest BCUT2D eigenvalue weighted by Gasteiger charge is 2.37. The van der Waals surface area contributed by atoms with Gasteiger partial charge in [-0.2, -0.15) is 0 Å². The van der Waals surface area contributed by atoms with E-state index < -0.39 is 23.9 Å². The Balaban J connectivity index is 2.76. The highest BCUT2D eigenvalue weighted by atomic mass is 16.6. The number of aromatic carboxylic acids is 1. The van der Waals surface area contributed by atoms with Gasteiger partial charge in [0.2, 0.25) is 6.04 Å². The van der Waals surface area contributed by atoms with Crippen LogP contribution in [0.1, 0.15) is 41.6 Å². The molecule has 0 spiro atoms. The average molecular weight is 373 g/mol. The summed E-state index contributed by atoms with van der Waals surface area (Å²) in [7, 11) is 0. The van der Waals surface area contributed by atoms with E-state index in [0.717, 1.165) is 0 Å². The minimum Gasteiger partial charge on any atom is -0.478 e. The highest BCUT2D eigenvalue weighted by molar-refractivity contribution is 6.01. The summed E-state index contributed by atoms with van der Waals surface area (Å²) in [5.74, 6) is -2.71. The molecule has 0 atom stereocenters. The Kier molecular flexibility index (Phi) is 6.39. The van der Waals surface area contributed by atoms with Gasteiger partial charge in [0.05, 0.1) is 18.8 Å². The molecule has 0 saturated heterocycles. The average Bonchev–Trinajstić information content (AvgIpc) is 2.88. The summed E-state index contributed by atoms with van der Waals surface area (Å²) in [4.78, 5) is 36.9. The normalized spacial score (nSPS) is 10.7. The molecule has 1 N–H and O–H groups in total. The van der Waals surface area contributed by atoms with Gasteiger partial charge in [0.25, 0.3) is 0 Å². The molecule has 0 aliphatic rings. The van der Waals surface area contributed by atoms with Crippen LogP contribution in [0.5, 0.6) is 0 Å². The molecule has 2 rings (SSSR count). The maximum Gasteiger partial charge on any atom is 0.340 e. The Morgan fingerprint density at radius 2 is 1.48 bits per heavy atom. The van der Waals surface area contributed by atoms with Gasteiger partial charge in [-0.05, 0) is 33.3 Å². The standard InChI is InChI=1S/C20H23NO6/c1-5-26-19(24)17(20(25)27-6-2)21-12(3)15(14-10-8-7-9-11-14)16(13(21)4)18(22)23/h7-11,17H,5-6H2,1-4H3,(H,22,23). The van der Waals surface area contributed by atoms with Crippen molar-refractivity contribution in [2.75, 3.05) is 13.2 Å². The molecule has 1 aromatic heterocycles. The first-order chi connectivity index (χ1) is 12.8. The molecule has 0 amide bonds. The summed E-state index contributed by atoms with van der Waals surface area (Å²) in [6.45, 7) is 6.68. The van der Waals surface area contributed by atoms with E-state index >= 15 is 0 Å². The van der Waals surface area contributed by atoms with Gasteiger partial charge in [-0.3, -0.25) is 0 Å². The van der Waals surface area contributed by atoms with E-state index in [9.17, 15) is 19.5 Å². The predicted molar refractivity (Wildman–Crippen MR) is 98.6 cm³/mol. The maximum atomic E-state index is 12.5. The van der Waals surface area contributed by atoms with E-state index in [1.54, 1.807) is 52.0 Å². The van der Waals surface area contributed by atoms with Crippen molar-refractivity contribution in [3.05, 3.63) is 47.3 Å². The van der Waals surface area contributed by atoms with E-state index in [-0.39, 0.29) is 24.5 Å². The summed E-state index contributed by atoms with van der Waals surface area (Å²) < 4.78 is 11.5. The first-order valence-electron chi connectivity index (χ1n) is 8.68. The summed E-state index contributed by atoms with van der Waals surface area (Å²) >= 11 is 0. The van der Waals surface area contributed by atoms with Crippen LogP contribution in [0, 0.1) is 13.8 Å². The molecule has 0 unspecified atom stereocenters. The summed E-state index contributed by atoms with van der Waals surface area (Å²) in [5.41, 5.74) is 1.93. The Bertz CT molecular complexity index is 835. The summed E-state index contributed by atoms with van der Waals surface area (Å²) in [6, 6.07) is 7.57. The Morgan fingerprint density at radius 3 is 1.93 bits per heavy atom. The van der Waals surface area contributed by atoms with Gasteiger partial charge >= 0.3 is 17.9 Å². The molecule has 0 aliphatic heterocycles. The number of ether oxygens (including phenoxy) is 2. The van der Waals surface area contributed by atoms with Crippen LogP contribution in [0.25, 0.3) is 11.1 Å². The lowest BCUT2D eigenvalue weighted by molar-refractivity contribution is -0.160. The van der Waals surface area contributed by atoms with Gasteiger partial charge in [-0.15, -0.1) is 0 Å². The smallest absolute Gasteiger partial charge is 0.340 e. The minimum atomic E-state index is -1.40. The molecule has 0 fully saturated rings. The second kappa shape index (κ2) is 8.53. The zero-order chi connectivity index (χ0) is 20.1. The van der Waals surface area contributed by atoms with Crippen LogP contribution in [0.3, 0.4) is 0 Å². The molecule has 27 heavy (non-hydrogen) atoms. The summed E-state index contributed by atoms with van der Waals surface area (Å²) in [5, 5.41) is 9.77. The van der Waals surface area contributed by atoms with Crippen molar-refractivity contribution in [1.29, 1.82) is 0 Å². The fraction of sp³-hybridized carbons (Fsp3) is 0.350. The Morgan fingerprint density at radius 1 is 0.963 bits per heavy atom. The van der Waals surface area contributed by atoms with E-state index in [2.05, 4.69) is 0 Å². The number of rotatable bonds is 7. The molecule has 7 nitrogen and oxygen atoms in total. The van der Waals surface area contributed by atoms with Crippen LogP contribution in [0.2, 0.25) is 0 Å². The predicted octanol–water partition coefficient (Wildman–Crippen LogP) is 3.14. The van der Waals surface area contributed by atoms with Gasteiger partial charge in [0.1, 0.15) is 0 Å². The third-order valence-electron chi connectivity index (χ3n) is 4.25. The number of carbonyl (C=O) groups is 3.